The minimum Gasteiger partial charge on any atom is -0.349 e. The van der Waals surface area contributed by atoms with E-state index in [1.54, 1.807) is 13.1 Å². The summed E-state index contributed by atoms with van der Waals surface area (Å²) in [5.74, 6) is -0.00109. The van der Waals surface area contributed by atoms with E-state index in [0.717, 1.165) is 17.5 Å². The number of nitrogens with one attached hydrogen (secondary N) is 1. The van der Waals surface area contributed by atoms with Crippen molar-refractivity contribution < 1.29 is 9.59 Å². The maximum Gasteiger partial charge on any atom is 0.261 e. The third-order valence-corrected chi connectivity index (χ3v) is 4.83. The predicted molar refractivity (Wildman–Crippen MR) is 101 cm³/mol. The van der Waals surface area contributed by atoms with Gasteiger partial charge in [-0.15, -0.1) is 0 Å². The first-order valence-corrected chi connectivity index (χ1v) is 9.03. The van der Waals surface area contributed by atoms with E-state index in [1.165, 1.54) is 10.6 Å². The lowest BCUT2D eigenvalue weighted by Crippen LogP contribution is -2.32. The van der Waals surface area contributed by atoms with Crippen molar-refractivity contribution in [2.75, 3.05) is 0 Å². The van der Waals surface area contributed by atoms with Gasteiger partial charge in [0, 0.05) is 18.7 Å². The number of carbonyl (C=O) groups is 2. The minimum absolute atomic E-state index is 0.0802. The third kappa shape index (κ3) is 3.93. The van der Waals surface area contributed by atoms with E-state index in [4.69, 9.17) is 0 Å². The number of Topliss-reactive ketones (excluding diaryl/α,β-unsaturated/α-hetero) is 1. The van der Waals surface area contributed by atoms with Crippen molar-refractivity contribution in [3.8, 4) is 0 Å². The summed E-state index contributed by atoms with van der Waals surface area (Å²) in [5, 5.41) is 2.96. The van der Waals surface area contributed by atoms with Gasteiger partial charge in [0.15, 0.2) is 5.78 Å². The number of amides is 1. The zero-order chi connectivity index (χ0) is 18.8. The quantitative estimate of drug-likeness (QED) is 0.813. The molecule has 2 atom stereocenters. The van der Waals surface area contributed by atoms with Crippen LogP contribution < -0.4 is 10.9 Å². The number of benzene rings is 1. The molecule has 0 bridgehead atoms. The fraction of sp³-hybridized carbons (Fsp3) is 0.381. The molecule has 5 nitrogen and oxygen atoms in total. The Labute approximate surface area is 153 Å². The van der Waals surface area contributed by atoms with Crippen LogP contribution in [-0.4, -0.2) is 22.3 Å². The molecule has 0 saturated heterocycles. The van der Waals surface area contributed by atoms with Crippen molar-refractivity contribution >= 4 is 11.7 Å². The second-order valence-corrected chi connectivity index (χ2v) is 7.13. The molecule has 1 amide bonds. The molecule has 1 fully saturated rings. The maximum absolute atomic E-state index is 12.7. The molecule has 0 spiro atoms. The highest BCUT2D eigenvalue weighted by Gasteiger charge is 2.34. The minimum atomic E-state index is -0.352. The van der Waals surface area contributed by atoms with Crippen LogP contribution in [0.1, 0.15) is 58.5 Å². The Kier molecular flexibility index (Phi) is 5.07. The van der Waals surface area contributed by atoms with Gasteiger partial charge in [-0.1, -0.05) is 43.7 Å². The van der Waals surface area contributed by atoms with Crippen LogP contribution in [0.4, 0.5) is 0 Å². The van der Waals surface area contributed by atoms with Crippen LogP contribution in [0.3, 0.4) is 0 Å². The highest BCUT2D eigenvalue weighted by atomic mass is 16.2. The smallest absolute Gasteiger partial charge is 0.261 e. The molecule has 3 rings (SSSR count). The van der Waals surface area contributed by atoms with Gasteiger partial charge < -0.3 is 9.88 Å². The van der Waals surface area contributed by atoms with E-state index in [2.05, 4.69) is 12.2 Å². The molecule has 5 heteroatoms. The summed E-state index contributed by atoms with van der Waals surface area (Å²) in [6.45, 7) is 6.10. The van der Waals surface area contributed by atoms with Gasteiger partial charge in [0.05, 0.1) is 17.7 Å². The van der Waals surface area contributed by atoms with Gasteiger partial charge in [-0.05, 0) is 30.9 Å². The van der Waals surface area contributed by atoms with Crippen molar-refractivity contribution in [1.82, 2.24) is 9.88 Å². The van der Waals surface area contributed by atoms with Gasteiger partial charge in [-0.25, -0.2) is 0 Å². The molecule has 0 radical (unpaired) electrons. The van der Waals surface area contributed by atoms with Crippen LogP contribution >= 0.6 is 0 Å². The summed E-state index contributed by atoms with van der Waals surface area (Å²) in [6.07, 6.45) is 2.75. The SMILES string of the molecule is CCC(=O)c1cc(C(=O)N[C@@H]2C[C@H]2C)cn(Cc2cccc(C)c2)c1=O. The van der Waals surface area contributed by atoms with Gasteiger partial charge in [0.1, 0.15) is 0 Å². The normalized spacial score (nSPS) is 18.4. The van der Waals surface area contributed by atoms with Crippen LogP contribution in [0.15, 0.2) is 41.3 Å². The van der Waals surface area contributed by atoms with Crippen LogP contribution in [0.5, 0.6) is 0 Å². The molecular formula is C21H24N2O3. The highest BCUT2D eigenvalue weighted by Crippen LogP contribution is 2.29. The summed E-state index contributed by atoms with van der Waals surface area (Å²) < 4.78 is 1.46. The third-order valence-electron chi connectivity index (χ3n) is 4.83. The second kappa shape index (κ2) is 7.28. The van der Waals surface area contributed by atoms with Gasteiger partial charge >= 0.3 is 0 Å². The van der Waals surface area contributed by atoms with Crippen molar-refractivity contribution in [2.45, 2.75) is 46.2 Å². The van der Waals surface area contributed by atoms with Crippen LogP contribution in [-0.2, 0) is 6.54 Å². The van der Waals surface area contributed by atoms with E-state index in [-0.39, 0.29) is 35.3 Å². The molecule has 2 aromatic rings. The van der Waals surface area contributed by atoms with E-state index in [1.807, 2.05) is 31.2 Å². The van der Waals surface area contributed by atoms with E-state index >= 15 is 0 Å². The standard InChI is InChI=1S/C21H24N2O3/c1-4-19(24)17-10-16(20(25)22-18-9-14(18)3)12-23(21(17)26)11-15-7-5-6-13(2)8-15/h5-8,10,12,14,18H,4,9,11H2,1-3H3,(H,22,25)/t14-,18-/m1/s1. The molecule has 136 valence electrons. The Balaban J connectivity index is 1.98. The highest BCUT2D eigenvalue weighted by molar-refractivity contribution is 6.00. The van der Waals surface area contributed by atoms with Crippen molar-refractivity contribution in [2.24, 2.45) is 5.92 Å². The molecule has 0 aliphatic heterocycles. The van der Waals surface area contributed by atoms with E-state index < -0.39 is 0 Å². The van der Waals surface area contributed by atoms with Crippen LogP contribution in [0, 0.1) is 12.8 Å². The zero-order valence-electron chi connectivity index (χ0n) is 15.4. The largest absolute Gasteiger partial charge is 0.349 e. The number of hydrogen-bond donors (Lipinski definition) is 1. The first kappa shape index (κ1) is 18.1. The Morgan fingerprint density at radius 2 is 2.00 bits per heavy atom. The second-order valence-electron chi connectivity index (χ2n) is 7.13. The summed E-state index contributed by atoms with van der Waals surface area (Å²) in [7, 11) is 0. The molecule has 26 heavy (non-hydrogen) atoms. The summed E-state index contributed by atoms with van der Waals surface area (Å²) in [5.41, 5.74) is 2.13. The predicted octanol–water partition coefficient (Wildman–Crippen LogP) is 2.94. The van der Waals surface area contributed by atoms with Gasteiger partial charge in [0.25, 0.3) is 11.5 Å². The molecule has 1 saturated carbocycles. The Morgan fingerprint density at radius 3 is 2.62 bits per heavy atom. The monoisotopic (exact) mass is 352 g/mol. The number of hydrogen-bond acceptors (Lipinski definition) is 3. The average Bonchev–Trinajstić information content (AvgIpc) is 3.30. The summed E-state index contributed by atoms with van der Waals surface area (Å²) in [6, 6.07) is 9.46. The molecule has 0 unspecified atom stereocenters. The zero-order valence-corrected chi connectivity index (χ0v) is 15.4. The number of pyridine rings is 1. The van der Waals surface area contributed by atoms with E-state index in [9.17, 15) is 14.4 Å². The lowest BCUT2D eigenvalue weighted by atomic mass is 10.1. The fourth-order valence-corrected chi connectivity index (χ4v) is 3.05. The van der Waals surface area contributed by atoms with Gasteiger partial charge in [-0.3, -0.25) is 14.4 Å². The number of rotatable bonds is 6. The molecule has 1 aliphatic carbocycles. The maximum atomic E-state index is 12.7. The van der Waals surface area contributed by atoms with Crippen molar-refractivity contribution in [3.63, 3.8) is 0 Å². The number of ketones is 1. The fourth-order valence-electron chi connectivity index (χ4n) is 3.05. The van der Waals surface area contributed by atoms with Gasteiger partial charge in [0.2, 0.25) is 0 Å². The Morgan fingerprint density at radius 1 is 1.27 bits per heavy atom. The van der Waals surface area contributed by atoms with Gasteiger partial charge in [-0.2, -0.15) is 0 Å². The lowest BCUT2D eigenvalue weighted by Gasteiger charge is -2.12. The number of carbonyl (C=O) groups excluding carboxylic acids is 2. The lowest BCUT2D eigenvalue weighted by molar-refractivity contribution is 0.0948. The molecule has 1 N–H and O–H groups in total. The average molecular weight is 352 g/mol. The summed E-state index contributed by atoms with van der Waals surface area (Å²) in [4.78, 5) is 37.5. The number of aromatic nitrogens is 1. The van der Waals surface area contributed by atoms with Crippen LogP contribution in [0.25, 0.3) is 0 Å². The number of nitrogens with zero attached hydrogens (tertiary/aromatic N) is 1. The number of aryl methyl sites for hydroxylation is 1. The van der Waals surface area contributed by atoms with Crippen molar-refractivity contribution in [3.05, 3.63) is 69.1 Å². The van der Waals surface area contributed by atoms with Crippen molar-refractivity contribution in [1.29, 1.82) is 0 Å². The molecule has 1 aromatic carbocycles. The molecule has 1 aromatic heterocycles. The molecular weight excluding hydrogens is 328 g/mol. The van der Waals surface area contributed by atoms with Crippen LogP contribution in [0.2, 0.25) is 0 Å². The van der Waals surface area contributed by atoms with E-state index in [0.29, 0.717) is 18.0 Å². The molecule has 1 heterocycles. The Hall–Kier alpha value is -2.69. The molecule has 1 aliphatic rings. The Bertz CT molecular complexity index is 914. The first-order chi connectivity index (χ1) is 12.4. The summed E-state index contributed by atoms with van der Waals surface area (Å²) >= 11 is 0. The topological polar surface area (TPSA) is 68.2 Å². The first-order valence-electron chi connectivity index (χ1n) is 9.03.